The molecule has 0 fully saturated rings. The third kappa shape index (κ3) is 1.18. The molecular formula is C11H9FN4. The second-order valence-electron chi connectivity index (χ2n) is 3.63. The van der Waals surface area contributed by atoms with Gasteiger partial charge in [0, 0.05) is 11.6 Å². The smallest absolute Gasteiger partial charge is 0.243 e. The van der Waals surface area contributed by atoms with Crippen molar-refractivity contribution in [1.29, 1.82) is 0 Å². The number of halogens is 1. The van der Waals surface area contributed by atoms with Crippen LogP contribution in [0.1, 0.15) is 18.7 Å². The predicted octanol–water partition coefficient (Wildman–Crippen LogP) is 2.31. The molecule has 0 aliphatic heterocycles. The number of nitrogens with zero attached hydrogens (tertiary/aromatic N) is 4. The quantitative estimate of drug-likeness (QED) is 0.626. The first-order valence-corrected chi connectivity index (χ1v) is 4.99. The normalized spacial score (nSPS) is 13.4. The Morgan fingerprint density at radius 1 is 1.31 bits per heavy atom. The van der Waals surface area contributed by atoms with Gasteiger partial charge in [0.05, 0.1) is 5.52 Å². The SMILES string of the molecule is C[C@@H](F)c1cccc2c1cnc1ncnn12. The molecule has 0 bridgehead atoms. The summed E-state index contributed by atoms with van der Waals surface area (Å²) in [6.45, 7) is 1.51. The lowest BCUT2D eigenvalue weighted by Gasteiger charge is -2.07. The summed E-state index contributed by atoms with van der Waals surface area (Å²) < 4.78 is 15.0. The molecule has 0 amide bonds. The molecule has 3 rings (SSSR count). The van der Waals surface area contributed by atoms with E-state index >= 15 is 0 Å². The van der Waals surface area contributed by atoms with Gasteiger partial charge in [-0.1, -0.05) is 12.1 Å². The molecule has 80 valence electrons. The van der Waals surface area contributed by atoms with E-state index in [0.29, 0.717) is 11.3 Å². The first-order chi connectivity index (χ1) is 7.77. The topological polar surface area (TPSA) is 43.1 Å². The Morgan fingerprint density at radius 3 is 3.00 bits per heavy atom. The molecule has 3 aromatic rings. The minimum atomic E-state index is -1.02. The van der Waals surface area contributed by atoms with Crippen molar-refractivity contribution in [3.8, 4) is 0 Å². The molecule has 1 atom stereocenters. The maximum atomic E-state index is 13.4. The molecule has 0 saturated heterocycles. The third-order valence-corrected chi connectivity index (χ3v) is 2.61. The lowest BCUT2D eigenvalue weighted by Crippen LogP contribution is -1.96. The summed E-state index contributed by atoms with van der Waals surface area (Å²) in [5.41, 5.74) is 1.45. The Bertz CT molecular complexity index is 659. The van der Waals surface area contributed by atoms with Gasteiger partial charge in [-0.25, -0.2) is 9.37 Å². The minimum Gasteiger partial charge on any atom is -0.243 e. The van der Waals surface area contributed by atoms with E-state index < -0.39 is 6.17 Å². The molecule has 2 heterocycles. The summed E-state index contributed by atoms with van der Waals surface area (Å²) in [5.74, 6) is 0.524. The molecule has 0 aliphatic rings. The van der Waals surface area contributed by atoms with Crippen LogP contribution >= 0.6 is 0 Å². The van der Waals surface area contributed by atoms with Crippen LogP contribution < -0.4 is 0 Å². The third-order valence-electron chi connectivity index (χ3n) is 2.61. The van der Waals surface area contributed by atoms with Gasteiger partial charge in [0.2, 0.25) is 0 Å². The molecule has 0 radical (unpaired) electrons. The fourth-order valence-corrected chi connectivity index (χ4v) is 1.86. The highest BCUT2D eigenvalue weighted by Crippen LogP contribution is 2.25. The summed E-state index contributed by atoms with van der Waals surface area (Å²) in [6.07, 6.45) is 2.06. The highest BCUT2D eigenvalue weighted by atomic mass is 19.1. The monoisotopic (exact) mass is 216 g/mol. The fourth-order valence-electron chi connectivity index (χ4n) is 1.86. The van der Waals surface area contributed by atoms with E-state index in [1.807, 2.05) is 12.1 Å². The molecule has 4 nitrogen and oxygen atoms in total. The van der Waals surface area contributed by atoms with Crippen molar-refractivity contribution in [2.24, 2.45) is 0 Å². The number of benzene rings is 1. The van der Waals surface area contributed by atoms with Crippen molar-refractivity contribution in [3.05, 3.63) is 36.3 Å². The molecular weight excluding hydrogens is 207 g/mol. The number of hydrogen-bond donors (Lipinski definition) is 0. The minimum absolute atomic E-state index is 0.524. The highest BCUT2D eigenvalue weighted by Gasteiger charge is 2.10. The van der Waals surface area contributed by atoms with Crippen LogP contribution in [0.15, 0.2) is 30.7 Å². The van der Waals surface area contributed by atoms with E-state index in [9.17, 15) is 4.39 Å². The zero-order valence-electron chi connectivity index (χ0n) is 8.63. The molecule has 0 spiro atoms. The van der Waals surface area contributed by atoms with Crippen LogP contribution in [-0.4, -0.2) is 19.6 Å². The van der Waals surface area contributed by atoms with Crippen LogP contribution in [-0.2, 0) is 0 Å². The largest absolute Gasteiger partial charge is 0.252 e. The van der Waals surface area contributed by atoms with Gasteiger partial charge in [-0.15, -0.1) is 0 Å². The van der Waals surface area contributed by atoms with Crippen LogP contribution in [0, 0.1) is 0 Å². The zero-order chi connectivity index (χ0) is 11.1. The molecule has 0 saturated carbocycles. The first kappa shape index (κ1) is 9.21. The molecule has 5 heteroatoms. The second-order valence-corrected chi connectivity index (χ2v) is 3.63. The maximum absolute atomic E-state index is 13.4. The Balaban J connectivity index is 2.49. The van der Waals surface area contributed by atoms with E-state index in [2.05, 4.69) is 15.1 Å². The molecule has 0 N–H and O–H groups in total. The number of hydrogen-bond acceptors (Lipinski definition) is 3. The van der Waals surface area contributed by atoms with Crippen molar-refractivity contribution in [1.82, 2.24) is 19.6 Å². The Kier molecular flexibility index (Phi) is 1.86. The highest BCUT2D eigenvalue weighted by molar-refractivity contribution is 5.83. The van der Waals surface area contributed by atoms with Gasteiger partial charge in [0.25, 0.3) is 5.78 Å². The number of alkyl halides is 1. The average molecular weight is 216 g/mol. The fraction of sp³-hybridized carbons (Fsp3) is 0.182. The summed E-state index contributed by atoms with van der Waals surface area (Å²) >= 11 is 0. The predicted molar refractivity (Wildman–Crippen MR) is 57.8 cm³/mol. The average Bonchev–Trinajstić information content (AvgIpc) is 2.76. The second kappa shape index (κ2) is 3.23. The summed E-state index contributed by atoms with van der Waals surface area (Å²) in [4.78, 5) is 8.13. The number of aromatic nitrogens is 4. The Morgan fingerprint density at radius 2 is 2.19 bits per heavy atom. The first-order valence-electron chi connectivity index (χ1n) is 4.99. The number of rotatable bonds is 1. The molecule has 1 aromatic carbocycles. The Hall–Kier alpha value is -2.04. The van der Waals surface area contributed by atoms with Gasteiger partial charge in [-0.05, 0) is 18.6 Å². The molecule has 2 aromatic heterocycles. The van der Waals surface area contributed by atoms with Crippen molar-refractivity contribution < 1.29 is 4.39 Å². The van der Waals surface area contributed by atoms with Crippen LogP contribution in [0.3, 0.4) is 0 Å². The molecule has 0 unspecified atom stereocenters. The van der Waals surface area contributed by atoms with Gasteiger partial charge in [-0.3, -0.25) is 0 Å². The van der Waals surface area contributed by atoms with Crippen molar-refractivity contribution in [2.45, 2.75) is 13.1 Å². The van der Waals surface area contributed by atoms with Gasteiger partial charge in [0.15, 0.2) is 0 Å². The summed E-state index contributed by atoms with van der Waals surface area (Å²) in [5, 5.41) is 4.84. The van der Waals surface area contributed by atoms with Crippen LogP contribution in [0.2, 0.25) is 0 Å². The standard InChI is InChI=1S/C11H9FN4/c1-7(12)8-3-2-4-10-9(8)5-13-11-14-6-15-16(10)11/h2-7H,1H3/t7-/m1/s1. The van der Waals surface area contributed by atoms with Crippen molar-refractivity contribution >= 4 is 16.7 Å². The van der Waals surface area contributed by atoms with Crippen LogP contribution in [0.5, 0.6) is 0 Å². The molecule has 16 heavy (non-hydrogen) atoms. The molecule has 0 aliphatic carbocycles. The summed E-state index contributed by atoms with van der Waals surface area (Å²) in [6, 6.07) is 5.46. The van der Waals surface area contributed by atoms with Crippen molar-refractivity contribution in [3.63, 3.8) is 0 Å². The van der Waals surface area contributed by atoms with E-state index in [0.717, 1.165) is 10.9 Å². The van der Waals surface area contributed by atoms with Gasteiger partial charge >= 0.3 is 0 Å². The van der Waals surface area contributed by atoms with E-state index in [-0.39, 0.29) is 0 Å². The van der Waals surface area contributed by atoms with Crippen molar-refractivity contribution in [2.75, 3.05) is 0 Å². The van der Waals surface area contributed by atoms with E-state index in [1.54, 1.807) is 16.8 Å². The van der Waals surface area contributed by atoms with E-state index in [4.69, 9.17) is 0 Å². The van der Waals surface area contributed by atoms with Gasteiger partial charge in [-0.2, -0.15) is 14.6 Å². The van der Waals surface area contributed by atoms with Crippen LogP contribution in [0.4, 0.5) is 4.39 Å². The summed E-state index contributed by atoms with van der Waals surface area (Å²) in [7, 11) is 0. The zero-order valence-corrected chi connectivity index (χ0v) is 8.63. The van der Waals surface area contributed by atoms with Gasteiger partial charge in [0.1, 0.15) is 12.5 Å². The van der Waals surface area contributed by atoms with Gasteiger partial charge < -0.3 is 0 Å². The Labute approximate surface area is 90.8 Å². The van der Waals surface area contributed by atoms with Crippen LogP contribution in [0.25, 0.3) is 16.7 Å². The lowest BCUT2D eigenvalue weighted by atomic mass is 10.1. The maximum Gasteiger partial charge on any atom is 0.252 e. The lowest BCUT2D eigenvalue weighted by molar-refractivity contribution is 0.376. The number of fused-ring (bicyclic) bond motifs is 3. The van der Waals surface area contributed by atoms with E-state index in [1.165, 1.54) is 13.3 Å².